The van der Waals surface area contributed by atoms with Crippen molar-refractivity contribution in [3.63, 3.8) is 0 Å². The third-order valence-corrected chi connectivity index (χ3v) is 5.27. The first kappa shape index (κ1) is 15.4. The van der Waals surface area contributed by atoms with Crippen molar-refractivity contribution >= 4 is 22.4 Å². The van der Waals surface area contributed by atoms with Crippen molar-refractivity contribution in [1.29, 1.82) is 0 Å². The van der Waals surface area contributed by atoms with E-state index in [1.54, 1.807) is 0 Å². The lowest BCUT2D eigenvalue weighted by atomic mass is 9.80. The molecule has 4 rings (SSSR count). The monoisotopic (exact) mass is 325 g/mol. The number of aliphatic hydroxyl groups is 1. The van der Waals surface area contributed by atoms with Crippen LogP contribution in [0.5, 0.6) is 0 Å². The molecule has 24 heavy (non-hydrogen) atoms. The Morgan fingerprint density at radius 1 is 1.50 bits per heavy atom. The van der Waals surface area contributed by atoms with Crippen molar-refractivity contribution in [2.24, 2.45) is 5.92 Å². The smallest absolute Gasteiger partial charge is 0.228 e. The average Bonchev–Trinajstić information content (AvgIpc) is 3.00. The Hall–Kier alpha value is -2.11. The number of fused-ring (bicyclic) bond motifs is 2. The van der Waals surface area contributed by atoms with E-state index in [1.165, 1.54) is 22.1 Å². The minimum Gasteiger partial charge on any atom is -0.394 e. The van der Waals surface area contributed by atoms with Gasteiger partial charge in [-0.05, 0) is 43.2 Å². The lowest BCUT2D eigenvalue weighted by Crippen LogP contribution is -2.48. The highest BCUT2D eigenvalue weighted by molar-refractivity contribution is 5.99. The minimum atomic E-state index is -0.218. The van der Waals surface area contributed by atoms with E-state index in [-0.39, 0.29) is 24.5 Å². The summed E-state index contributed by atoms with van der Waals surface area (Å²) in [4.78, 5) is 18.2. The largest absolute Gasteiger partial charge is 0.394 e. The van der Waals surface area contributed by atoms with Crippen LogP contribution in [0.15, 0.2) is 30.5 Å². The Morgan fingerprint density at radius 2 is 2.33 bits per heavy atom. The molecule has 1 amide bonds. The number of benzene rings is 1. The molecular weight excluding hydrogens is 302 g/mol. The number of aliphatic hydroxyl groups excluding tert-OH is 1. The molecule has 1 aromatic heterocycles. The van der Waals surface area contributed by atoms with Gasteiger partial charge in [-0.15, -0.1) is 0 Å². The summed E-state index contributed by atoms with van der Waals surface area (Å²) >= 11 is 0. The van der Waals surface area contributed by atoms with E-state index in [0.29, 0.717) is 12.6 Å². The van der Waals surface area contributed by atoms with Gasteiger partial charge in [-0.3, -0.25) is 9.69 Å². The third-order valence-electron chi connectivity index (χ3n) is 5.27. The quantitative estimate of drug-likeness (QED) is 0.802. The van der Waals surface area contributed by atoms with Crippen molar-refractivity contribution in [2.45, 2.75) is 25.4 Å². The van der Waals surface area contributed by atoms with E-state index in [4.69, 9.17) is 5.11 Å². The molecule has 1 aromatic carbocycles. The van der Waals surface area contributed by atoms with Crippen LogP contribution >= 0.6 is 0 Å². The van der Waals surface area contributed by atoms with Crippen molar-refractivity contribution in [2.75, 3.05) is 20.2 Å². The molecule has 0 saturated carbocycles. The van der Waals surface area contributed by atoms with Gasteiger partial charge in [-0.25, -0.2) is 0 Å². The van der Waals surface area contributed by atoms with Crippen LogP contribution in [0.3, 0.4) is 0 Å². The van der Waals surface area contributed by atoms with Gasteiger partial charge in [0.1, 0.15) is 0 Å². The SMILES string of the molecule is CC(CO)NC(=O)[C@@H]1C=C2c3cccc4[nH]cc(c34)C[C@H]2N(C)C1. The number of nitrogens with one attached hydrogen (secondary N) is 2. The van der Waals surface area contributed by atoms with Gasteiger partial charge in [0.2, 0.25) is 5.91 Å². The summed E-state index contributed by atoms with van der Waals surface area (Å²) in [5, 5.41) is 13.3. The van der Waals surface area contributed by atoms with Crippen LogP contribution < -0.4 is 5.32 Å². The number of hydrogen-bond acceptors (Lipinski definition) is 3. The van der Waals surface area contributed by atoms with Gasteiger partial charge in [0, 0.05) is 35.7 Å². The van der Waals surface area contributed by atoms with Crippen molar-refractivity contribution in [3.05, 3.63) is 41.6 Å². The Morgan fingerprint density at radius 3 is 3.12 bits per heavy atom. The summed E-state index contributed by atoms with van der Waals surface area (Å²) in [7, 11) is 2.09. The number of amides is 1. The summed E-state index contributed by atoms with van der Waals surface area (Å²) in [6.45, 7) is 2.47. The van der Waals surface area contributed by atoms with E-state index < -0.39 is 0 Å². The first-order chi connectivity index (χ1) is 11.6. The topological polar surface area (TPSA) is 68.4 Å². The van der Waals surface area contributed by atoms with Crippen LogP contribution in [0.2, 0.25) is 0 Å². The highest BCUT2D eigenvalue weighted by atomic mass is 16.3. The Kier molecular flexibility index (Phi) is 3.70. The number of H-pyrrole nitrogens is 1. The first-order valence-electron chi connectivity index (χ1n) is 8.51. The Labute approximate surface area is 141 Å². The molecule has 2 aromatic rings. The number of hydrogen-bond donors (Lipinski definition) is 3. The second-order valence-electron chi connectivity index (χ2n) is 7.02. The second-order valence-corrected chi connectivity index (χ2v) is 7.02. The Balaban J connectivity index is 1.75. The molecule has 1 aliphatic carbocycles. The van der Waals surface area contributed by atoms with Gasteiger partial charge < -0.3 is 15.4 Å². The molecule has 2 aliphatic rings. The van der Waals surface area contributed by atoms with Crippen LogP contribution in [0, 0.1) is 5.92 Å². The van der Waals surface area contributed by atoms with Gasteiger partial charge in [0.05, 0.1) is 12.5 Å². The molecule has 5 nitrogen and oxygen atoms in total. The summed E-state index contributed by atoms with van der Waals surface area (Å²) in [6, 6.07) is 6.42. The standard InChI is InChI=1S/C19H23N3O2/c1-11(10-23)21-19(24)13-6-15-14-4-3-5-16-18(14)12(8-20-16)7-17(15)22(2)9-13/h3-6,8,11,13,17,20,23H,7,9-10H2,1-2H3,(H,21,24)/t11?,13-,17-/m1/s1. The van der Waals surface area contributed by atoms with Gasteiger partial charge in [-0.2, -0.15) is 0 Å². The maximum Gasteiger partial charge on any atom is 0.228 e. The predicted octanol–water partition coefficient (Wildman–Crippen LogP) is 1.53. The normalized spacial score (nSPS) is 24.4. The number of aromatic nitrogens is 1. The molecule has 1 aliphatic heterocycles. The molecule has 5 heteroatoms. The number of nitrogens with zero attached hydrogens (tertiary/aromatic N) is 1. The minimum absolute atomic E-state index is 0.0126. The lowest BCUT2D eigenvalue weighted by molar-refractivity contribution is -0.125. The number of carbonyl (C=O) groups is 1. The highest BCUT2D eigenvalue weighted by Gasteiger charge is 2.35. The van der Waals surface area contributed by atoms with Crippen LogP contribution in [0.25, 0.3) is 16.5 Å². The zero-order chi connectivity index (χ0) is 16.8. The van der Waals surface area contributed by atoms with Crippen LogP contribution in [-0.2, 0) is 11.2 Å². The molecule has 0 saturated heterocycles. The van der Waals surface area contributed by atoms with Gasteiger partial charge in [0.15, 0.2) is 0 Å². The predicted molar refractivity (Wildman–Crippen MR) is 94.6 cm³/mol. The molecule has 126 valence electrons. The maximum atomic E-state index is 12.5. The fourth-order valence-corrected chi connectivity index (χ4v) is 4.01. The summed E-state index contributed by atoms with van der Waals surface area (Å²) in [6.07, 6.45) is 5.22. The van der Waals surface area contributed by atoms with Gasteiger partial charge >= 0.3 is 0 Å². The van der Waals surface area contributed by atoms with Crippen LogP contribution in [0.4, 0.5) is 0 Å². The molecule has 0 bridgehead atoms. The molecule has 0 spiro atoms. The first-order valence-corrected chi connectivity index (χ1v) is 8.51. The summed E-state index contributed by atoms with van der Waals surface area (Å²) in [5.41, 5.74) is 4.99. The van der Waals surface area contributed by atoms with Crippen molar-refractivity contribution in [1.82, 2.24) is 15.2 Å². The van der Waals surface area contributed by atoms with Crippen LogP contribution in [-0.4, -0.2) is 53.2 Å². The molecular formula is C19H23N3O2. The fraction of sp³-hybridized carbons (Fsp3) is 0.421. The second kappa shape index (κ2) is 5.76. The average molecular weight is 325 g/mol. The van der Waals surface area contributed by atoms with Crippen molar-refractivity contribution in [3.8, 4) is 0 Å². The number of carbonyl (C=O) groups excluding carboxylic acids is 1. The van der Waals surface area contributed by atoms with Crippen LogP contribution in [0.1, 0.15) is 18.1 Å². The zero-order valence-electron chi connectivity index (χ0n) is 14.0. The Bertz CT molecular complexity index is 823. The number of likely N-dealkylation sites (N-methyl/N-ethyl adjacent to an activating group) is 1. The molecule has 3 N–H and O–H groups in total. The van der Waals surface area contributed by atoms with E-state index in [2.05, 4.69) is 52.7 Å². The zero-order valence-corrected chi connectivity index (χ0v) is 14.0. The maximum absolute atomic E-state index is 12.5. The van der Waals surface area contributed by atoms with Crippen molar-refractivity contribution < 1.29 is 9.90 Å². The summed E-state index contributed by atoms with van der Waals surface area (Å²) < 4.78 is 0. The van der Waals surface area contributed by atoms with Gasteiger partial charge in [0.25, 0.3) is 0 Å². The van der Waals surface area contributed by atoms with Gasteiger partial charge in [-0.1, -0.05) is 18.2 Å². The lowest BCUT2D eigenvalue weighted by Gasteiger charge is -2.39. The molecule has 2 heterocycles. The molecule has 0 radical (unpaired) electrons. The molecule has 3 atom stereocenters. The molecule has 0 fully saturated rings. The third kappa shape index (κ3) is 2.36. The van der Waals surface area contributed by atoms with E-state index in [1.807, 2.05) is 6.92 Å². The summed E-state index contributed by atoms with van der Waals surface area (Å²) in [5.74, 6) is -0.201. The number of rotatable bonds is 3. The molecule has 1 unspecified atom stereocenters. The highest BCUT2D eigenvalue weighted by Crippen LogP contribution is 2.40. The van der Waals surface area contributed by atoms with E-state index in [9.17, 15) is 4.79 Å². The van der Waals surface area contributed by atoms with E-state index >= 15 is 0 Å². The number of aromatic amines is 1. The fourth-order valence-electron chi connectivity index (χ4n) is 4.01. The van der Waals surface area contributed by atoms with E-state index in [0.717, 1.165) is 11.9 Å².